The van der Waals surface area contributed by atoms with E-state index in [9.17, 15) is 4.79 Å². The molecule has 0 aromatic heterocycles. The Morgan fingerprint density at radius 2 is 1.96 bits per heavy atom. The Kier molecular flexibility index (Phi) is 4.83. The molecule has 0 bridgehead atoms. The van der Waals surface area contributed by atoms with Crippen molar-refractivity contribution in [1.29, 1.82) is 0 Å². The smallest absolute Gasteiger partial charge is 0.308 e. The topological polar surface area (TPSA) is 32.3 Å². The zero-order valence-corrected chi connectivity index (χ0v) is 14.7. The molecule has 0 radical (unpaired) electrons. The second kappa shape index (κ2) is 6.85. The highest BCUT2D eigenvalue weighted by Gasteiger charge is 2.30. The molecule has 0 aliphatic carbocycles. The molecule has 3 rings (SSSR count). The molecule has 120 valence electrons. The summed E-state index contributed by atoms with van der Waals surface area (Å²) in [5.74, 6) is 0.938. The van der Waals surface area contributed by atoms with Crippen molar-refractivity contribution in [2.75, 3.05) is 17.6 Å². The molecule has 1 heterocycles. The van der Waals surface area contributed by atoms with Crippen molar-refractivity contribution in [3.05, 3.63) is 64.2 Å². The van der Waals surface area contributed by atoms with E-state index >= 15 is 0 Å². The zero-order valence-electron chi connectivity index (χ0n) is 13.2. The average Bonchev–Trinajstić information content (AvgIpc) is 3.02. The van der Waals surface area contributed by atoms with Crippen molar-refractivity contribution in [3.63, 3.8) is 0 Å². The maximum atomic E-state index is 12.7. The fourth-order valence-electron chi connectivity index (χ4n) is 2.66. The molecule has 5 heteroatoms. The van der Waals surface area contributed by atoms with Gasteiger partial charge >= 0.3 is 6.03 Å². The number of carbonyl (C=O) groups excluding carboxylic acids is 1. The first-order valence-corrected chi connectivity index (χ1v) is 9.00. The monoisotopic (exact) mass is 346 g/mol. The number of hydrogen-bond acceptors (Lipinski definition) is 2. The van der Waals surface area contributed by atoms with Gasteiger partial charge < -0.3 is 10.2 Å². The Bertz CT molecular complexity index is 717. The van der Waals surface area contributed by atoms with Gasteiger partial charge in [0.2, 0.25) is 0 Å². The Morgan fingerprint density at radius 1 is 1.22 bits per heavy atom. The lowest BCUT2D eigenvalue weighted by molar-refractivity contribution is 0.214. The minimum Gasteiger partial charge on any atom is -0.308 e. The van der Waals surface area contributed by atoms with Gasteiger partial charge in [0, 0.05) is 23.0 Å². The summed E-state index contributed by atoms with van der Waals surface area (Å²) in [6, 6.07) is 13.6. The zero-order chi connectivity index (χ0) is 16.4. The van der Waals surface area contributed by atoms with E-state index in [0.717, 1.165) is 29.1 Å². The second-order valence-corrected chi connectivity index (χ2v) is 7.27. The van der Waals surface area contributed by atoms with Crippen LogP contribution in [0.5, 0.6) is 0 Å². The number of nitrogens with one attached hydrogen (secondary N) is 1. The van der Waals surface area contributed by atoms with Gasteiger partial charge in [-0.05, 0) is 48.7 Å². The van der Waals surface area contributed by atoms with Crippen LogP contribution in [-0.4, -0.2) is 23.2 Å². The van der Waals surface area contributed by atoms with Crippen molar-refractivity contribution >= 4 is 35.1 Å². The Morgan fingerprint density at radius 3 is 2.70 bits per heavy atom. The van der Waals surface area contributed by atoms with Crippen molar-refractivity contribution in [1.82, 2.24) is 4.90 Å². The summed E-state index contributed by atoms with van der Waals surface area (Å²) in [6.45, 7) is 4.82. The molecule has 1 fully saturated rings. The van der Waals surface area contributed by atoms with Gasteiger partial charge in [-0.15, -0.1) is 11.8 Å². The number of benzene rings is 2. The van der Waals surface area contributed by atoms with Crippen molar-refractivity contribution in [2.45, 2.75) is 19.2 Å². The molecular weight excluding hydrogens is 328 g/mol. The summed E-state index contributed by atoms with van der Waals surface area (Å²) < 4.78 is 0. The minimum absolute atomic E-state index is 0.0392. The van der Waals surface area contributed by atoms with Crippen molar-refractivity contribution < 1.29 is 4.79 Å². The molecular formula is C18H19ClN2OS. The van der Waals surface area contributed by atoms with Crippen LogP contribution in [-0.2, 0) is 0 Å². The van der Waals surface area contributed by atoms with Crippen LogP contribution in [0.2, 0.25) is 5.02 Å². The van der Waals surface area contributed by atoms with Crippen molar-refractivity contribution in [2.24, 2.45) is 0 Å². The van der Waals surface area contributed by atoms with E-state index in [1.165, 1.54) is 5.56 Å². The number of urea groups is 1. The van der Waals surface area contributed by atoms with Crippen molar-refractivity contribution in [3.8, 4) is 0 Å². The average molecular weight is 347 g/mol. The molecule has 3 nitrogen and oxygen atoms in total. The SMILES string of the molecule is Cc1cccc(NC(=O)N2CCSC2c2ccc(Cl)cc2)c1C. The maximum Gasteiger partial charge on any atom is 0.323 e. The molecule has 2 aromatic rings. The Labute approximate surface area is 146 Å². The largest absolute Gasteiger partial charge is 0.323 e. The van der Waals surface area contributed by atoms with E-state index < -0.39 is 0 Å². The summed E-state index contributed by atoms with van der Waals surface area (Å²) in [5, 5.41) is 3.80. The van der Waals surface area contributed by atoms with Crippen LogP contribution < -0.4 is 5.32 Å². The summed E-state index contributed by atoms with van der Waals surface area (Å²) >= 11 is 7.73. The molecule has 1 saturated heterocycles. The van der Waals surface area contributed by atoms with Crippen LogP contribution in [0.4, 0.5) is 10.5 Å². The van der Waals surface area contributed by atoms with Crippen LogP contribution in [0.3, 0.4) is 0 Å². The summed E-state index contributed by atoms with van der Waals surface area (Å²) in [5.41, 5.74) is 4.26. The van der Waals surface area contributed by atoms with E-state index in [0.29, 0.717) is 5.02 Å². The van der Waals surface area contributed by atoms with E-state index in [-0.39, 0.29) is 11.4 Å². The molecule has 1 atom stereocenters. The van der Waals surface area contributed by atoms with Crippen LogP contribution in [0.15, 0.2) is 42.5 Å². The summed E-state index contributed by atoms with van der Waals surface area (Å²) in [4.78, 5) is 14.6. The van der Waals surface area contributed by atoms with E-state index in [2.05, 4.69) is 5.32 Å². The number of halogens is 1. The van der Waals surface area contributed by atoms with Crippen LogP contribution >= 0.6 is 23.4 Å². The number of amides is 2. The lowest BCUT2D eigenvalue weighted by Crippen LogP contribution is -2.34. The fraction of sp³-hybridized carbons (Fsp3) is 0.278. The first kappa shape index (κ1) is 16.2. The standard InChI is InChI=1S/C18H19ClN2OS/c1-12-4-3-5-16(13(12)2)20-18(22)21-10-11-23-17(21)14-6-8-15(19)9-7-14/h3-9,17H,10-11H2,1-2H3,(H,20,22). The van der Waals surface area contributed by atoms with Gasteiger partial charge in [0.05, 0.1) is 0 Å². The summed E-state index contributed by atoms with van der Waals surface area (Å²) in [7, 11) is 0. The van der Waals surface area contributed by atoms with Gasteiger partial charge in [-0.25, -0.2) is 4.79 Å². The lowest BCUT2D eigenvalue weighted by atomic mass is 10.1. The third-order valence-corrected chi connectivity index (χ3v) is 5.67. The Hall–Kier alpha value is -1.65. The second-order valence-electron chi connectivity index (χ2n) is 5.65. The quantitative estimate of drug-likeness (QED) is 0.806. The number of anilines is 1. The Balaban J connectivity index is 1.78. The molecule has 1 aliphatic rings. The van der Waals surface area contributed by atoms with E-state index in [1.54, 1.807) is 11.8 Å². The van der Waals surface area contributed by atoms with Crippen LogP contribution in [0.1, 0.15) is 22.1 Å². The number of hydrogen-bond donors (Lipinski definition) is 1. The van der Waals surface area contributed by atoms with E-state index in [4.69, 9.17) is 11.6 Å². The first-order valence-electron chi connectivity index (χ1n) is 7.57. The van der Waals surface area contributed by atoms with Crippen LogP contribution in [0, 0.1) is 13.8 Å². The number of carbonyl (C=O) groups is 1. The molecule has 2 aromatic carbocycles. The van der Waals surface area contributed by atoms with Gasteiger partial charge in [0.1, 0.15) is 5.37 Å². The van der Waals surface area contributed by atoms with Gasteiger partial charge in [0.15, 0.2) is 0 Å². The first-order chi connectivity index (χ1) is 11.1. The molecule has 1 unspecified atom stereocenters. The molecule has 0 saturated carbocycles. The molecule has 23 heavy (non-hydrogen) atoms. The van der Waals surface area contributed by atoms with E-state index in [1.807, 2.05) is 61.2 Å². The molecule has 1 aliphatic heterocycles. The number of rotatable bonds is 2. The number of thioether (sulfide) groups is 1. The molecule has 2 amide bonds. The lowest BCUT2D eigenvalue weighted by Gasteiger charge is -2.25. The highest BCUT2D eigenvalue weighted by atomic mass is 35.5. The highest BCUT2D eigenvalue weighted by Crippen LogP contribution is 2.38. The number of nitrogens with zero attached hydrogens (tertiary/aromatic N) is 1. The third kappa shape index (κ3) is 3.48. The highest BCUT2D eigenvalue weighted by molar-refractivity contribution is 7.99. The molecule has 0 spiro atoms. The predicted molar refractivity (Wildman–Crippen MR) is 98.3 cm³/mol. The number of aryl methyl sites for hydroxylation is 1. The summed E-state index contributed by atoms with van der Waals surface area (Å²) in [6.07, 6.45) is 0. The molecule has 1 N–H and O–H groups in total. The van der Waals surface area contributed by atoms with Gasteiger partial charge in [-0.2, -0.15) is 0 Å². The normalized spacial score (nSPS) is 17.3. The third-order valence-electron chi connectivity index (χ3n) is 4.15. The van der Waals surface area contributed by atoms with Gasteiger partial charge in [-0.1, -0.05) is 35.9 Å². The minimum atomic E-state index is -0.0522. The van der Waals surface area contributed by atoms with Crippen LogP contribution in [0.25, 0.3) is 0 Å². The maximum absolute atomic E-state index is 12.7. The fourth-order valence-corrected chi connectivity index (χ4v) is 4.04. The van der Waals surface area contributed by atoms with Gasteiger partial charge in [-0.3, -0.25) is 0 Å². The predicted octanol–water partition coefficient (Wildman–Crippen LogP) is 5.24. The van der Waals surface area contributed by atoms with Gasteiger partial charge in [0.25, 0.3) is 0 Å².